The van der Waals surface area contributed by atoms with E-state index in [-0.39, 0.29) is 17.9 Å². The first-order valence-electron chi connectivity index (χ1n) is 6.52. The first-order chi connectivity index (χ1) is 9.04. The summed E-state index contributed by atoms with van der Waals surface area (Å²) in [4.78, 5) is 28.6. The van der Waals surface area contributed by atoms with E-state index in [1.807, 2.05) is 0 Å². The van der Waals surface area contributed by atoms with Crippen molar-refractivity contribution in [1.82, 2.24) is 9.97 Å². The second-order valence-corrected chi connectivity index (χ2v) is 4.85. The van der Waals surface area contributed by atoms with Gasteiger partial charge in [0.25, 0.3) is 5.56 Å². The van der Waals surface area contributed by atoms with Crippen LogP contribution in [0.5, 0.6) is 0 Å². The van der Waals surface area contributed by atoms with E-state index in [9.17, 15) is 9.59 Å². The number of hydrogen-bond acceptors (Lipinski definition) is 4. The maximum Gasteiger partial charge on any atom is 0.306 e. The summed E-state index contributed by atoms with van der Waals surface area (Å²) in [5.74, 6) is -0.266. The minimum absolute atomic E-state index is 0.209. The van der Waals surface area contributed by atoms with E-state index in [4.69, 9.17) is 17.0 Å². The third-order valence-corrected chi connectivity index (χ3v) is 3.05. The molecule has 0 unspecified atom stereocenters. The molecule has 0 aromatic carbocycles. The third kappa shape index (κ3) is 5.38. The number of rotatable bonds is 7. The number of carbonyl (C=O) groups excluding carboxylic acids is 1. The van der Waals surface area contributed by atoms with E-state index in [0.29, 0.717) is 29.1 Å². The van der Waals surface area contributed by atoms with Gasteiger partial charge < -0.3 is 9.72 Å². The van der Waals surface area contributed by atoms with Crippen molar-refractivity contribution in [2.24, 2.45) is 0 Å². The first kappa shape index (κ1) is 15.6. The fraction of sp³-hybridized carbons (Fsp3) is 0.615. The van der Waals surface area contributed by atoms with E-state index < -0.39 is 0 Å². The van der Waals surface area contributed by atoms with Gasteiger partial charge in [-0.25, -0.2) is 0 Å². The van der Waals surface area contributed by atoms with Crippen molar-refractivity contribution >= 4 is 18.2 Å². The van der Waals surface area contributed by atoms with Gasteiger partial charge in [-0.3, -0.25) is 14.6 Å². The zero-order chi connectivity index (χ0) is 14.3. The van der Waals surface area contributed by atoms with Crippen LogP contribution >= 0.6 is 12.2 Å². The van der Waals surface area contributed by atoms with Gasteiger partial charge in [-0.15, -0.1) is 0 Å². The van der Waals surface area contributed by atoms with Crippen molar-refractivity contribution in [3.8, 4) is 0 Å². The predicted molar refractivity (Wildman–Crippen MR) is 75.8 cm³/mol. The van der Waals surface area contributed by atoms with Crippen LogP contribution in [0, 0.1) is 11.7 Å². The molecule has 1 aromatic rings. The lowest BCUT2D eigenvalue weighted by atomic mass is 10.1. The highest BCUT2D eigenvalue weighted by atomic mass is 32.1. The fourth-order valence-electron chi connectivity index (χ4n) is 1.76. The zero-order valence-electron chi connectivity index (χ0n) is 11.4. The summed E-state index contributed by atoms with van der Waals surface area (Å²) < 4.78 is 5.39. The molecule has 0 spiro atoms. The average Bonchev–Trinajstić information content (AvgIpc) is 2.33. The standard InChI is InChI=1S/C13H20N2O3S/c1-3-4-5-8-18-11(16)7-6-10-9(2)14-13(19)15-12(10)17/h3-8H2,1-2H3,(H2,14,15,17,19). The molecule has 106 valence electrons. The number of aryl methyl sites for hydroxylation is 1. The van der Waals surface area contributed by atoms with Crippen LogP contribution in [0.15, 0.2) is 4.79 Å². The smallest absolute Gasteiger partial charge is 0.306 e. The molecule has 1 rings (SSSR count). The number of esters is 1. The predicted octanol–water partition coefficient (Wildman–Crippen LogP) is 2.41. The van der Waals surface area contributed by atoms with Crippen LogP contribution in [-0.4, -0.2) is 22.5 Å². The van der Waals surface area contributed by atoms with E-state index >= 15 is 0 Å². The van der Waals surface area contributed by atoms with E-state index in [1.54, 1.807) is 6.92 Å². The van der Waals surface area contributed by atoms with Crippen molar-refractivity contribution < 1.29 is 9.53 Å². The molecule has 5 nitrogen and oxygen atoms in total. The Morgan fingerprint density at radius 2 is 2.05 bits per heavy atom. The number of aromatic nitrogens is 2. The number of hydrogen-bond donors (Lipinski definition) is 2. The number of carbonyl (C=O) groups is 1. The SMILES string of the molecule is CCCCCOC(=O)CCc1c(C)[nH]c(=S)[nH]c1=O. The van der Waals surface area contributed by atoms with Crippen molar-refractivity contribution in [2.45, 2.75) is 46.0 Å². The highest BCUT2D eigenvalue weighted by Crippen LogP contribution is 2.03. The van der Waals surface area contributed by atoms with Crippen LogP contribution in [0.25, 0.3) is 0 Å². The zero-order valence-corrected chi connectivity index (χ0v) is 12.2. The molecule has 0 aliphatic carbocycles. The van der Waals surface area contributed by atoms with Crippen molar-refractivity contribution in [3.63, 3.8) is 0 Å². The fourth-order valence-corrected chi connectivity index (χ4v) is 2.01. The largest absolute Gasteiger partial charge is 0.466 e. The van der Waals surface area contributed by atoms with Gasteiger partial charge in [-0.1, -0.05) is 19.8 Å². The Bertz CT molecular complexity index is 533. The number of nitrogens with one attached hydrogen (secondary N) is 2. The Morgan fingerprint density at radius 1 is 1.32 bits per heavy atom. The second kappa shape index (κ2) is 7.89. The van der Waals surface area contributed by atoms with Crippen molar-refractivity contribution in [2.75, 3.05) is 6.61 Å². The lowest BCUT2D eigenvalue weighted by Gasteiger charge is -2.06. The summed E-state index contributed by atoms with van der Waals surface area (Å²) in [6.07, 6.45) is 3.61. The highest BCUT2D eigenvalue weighted by molar-refractivity contribution is 7.71. The molecular formula is C13H20N2O3S. The molecule has 0 radical (unpaired) electrons. The molecule has 0 fully saturated rings. The van der Waals surface area contributed by atoms with E-state index in [1.165, 1.54) is 0 Å². The average molecular weight is 284 g/mol. The molecule has 1 aromatic heterocycles. The Morgan fingerprint density at radius 3 is 2.68 bits per heavy atom. The quantitative estimate of drug-likeness (QED) is 0.458. The van der Waals surface area contributed by atoms with Crippen molar-refractivity contribution in [3.05, 3.63) is 26.4 Å². The summed E-state index contributed by atoms with van der Waals surface area (Å²) in [7, 11) is 0. The third-order valence-electron chi connectivity index (χ3n) is 2.84. The minimum atomic E-state index is -0.266. The number of unbranched alkanes of at least 4 members (excludes halogenated alkanes) is 2. The minimum Gasteiger partial charge on any atom is -0.466 e. The summed E-state index contributed by atoms with van der Waals surface area (Å²) >= 11 is 4.86. The Balaban J connectivity index is 2.47. The Hall–Kier alpha value is -1.43. The molecule has 0 bridgehead atoms. The molecule has 2 N–H and O–H groups in total. The molecule has 6 heteroatoms. The van der Waals surface area contributed by atoms with Crippen LogP contribution in [0.1, 0.15) is 43.9 Å². The molecule has 0 saturated heterocycles. The molecular weight excluding hydrogens is 264 g/mol. The first-order valence-corrected chi connectivity index (χ1v) is 6.93. The van der Waals surface area contributed by atoms with Gasteiger partial charge in [-0.05, 0) is 32.0 Å². The lowest BCUT2D eigenvalue weighted by molar-refractivity contribution is -0.143. The van der Waals surface area contributed by atoms with Gasteiger partial charge in [0, 0.05) is 17.7 Å². The van der Waals surface area contributed by atoms with Gasteiger partial charge in [-0.2, -0.15) is 0 Å². The molecule has 19 heavy (non-hydrogen) atoms. The van der Waals surface area contributed by atoms with Crippen molar-refractivity contribution in [1.29, 1.82) is 0 Å². The van der Waals surface area contributed by atoms with Gasteiger partial charge >= 0.3 is 5.97 Å². The molecule has 0 amide bonds. The number of aromatic amines is 2. The monoisotopic (exact) mass is 284 g/mol. The molecule has 0 aliphatic rings. The Kier molecular flexibility index (Phi) is 6.49. The van der Waals surface area contributed by atoms with Gasteiger partial charge in [0.1, 0.15) is 0 Å². The molecule has 0 saturated carbocycles. The Labute approximate surface area is 117 Å². The maximum absolute atomic E-state index is 11.7. The summed E-state index contributed by atoms with van der Waals surface area (Å²) in [6, 6.07) is 0. The topological polar surface area (TPSA) is 75.0 Å². The van der Waals surface area contributed by atoms with Crippen LogP contribution in [0.4, 0.5) is 0 Å². The van der Waals surface area contributed by atoms with Crippen LogP contribution in [0.2, 0.25) is 0 Å². The molecule has 1 heterocycles. The summed E-state index contributed by atoms with van der Waals surface area (Å²) in [5.41, 5.74) is 1.02. The van der Waals surface area contributed by atoms with Crippen LogP contribution in [-0.2, 0) is 16.0 Å². The molecule has 0 aliphatic heterocycles. The lowest BCUT2D eigenvalue weighted by Crippen LogP contribution is -2.18. The maximum atomic E-state index is 11.7. The summed E-state index contributed by atoms with van der Waals surface area (Å²) in [5, 5.41) is 0. The summed E-state index contributed by atoms with van der Waals surface area (Å²) in [6.45, 7) is 4.32. The van der Waals surface area contributed by atoms with Gasteiger partial charge in [0.05, 0.1) is 6.61 Å². The van der Waals surface area contributed by atoms with Gasteiger partial charge in [0.2, 0.25) is 0 Å². The van der Waals surface area contributed by atoms with Crippen LogP contribution in [0.3, 0.4) is 0 Å². The molecule has 0 atom stereocenters. The highest BCUT2D eigenvalue weighted by Gasteiger charge is 2.09. The number of H-pyrrole nitrogens is 2. The van der Waals surface area contributed by atoms with E-state index in [0.717, 1.165) is 19.3 Å². The second-order valence-electron chi connectivity index (χ2n) is 4.44. The van der Waals surface area contributed by atoms with Crippen LogP contribution < -0.4 is 5.56 Å². The number of ether oxygens (including phenoxy) is 1. The normalized spacial score (nSPS) is 10.4. The van der Waals surface area contributed by atoms with Gasteiger partial charge in [0.15, 0.2) is 4.77 Å². The van der Waals surface area contributed by atoms with E-state index in [2.05, 4.69) is 16.9 Å².